The summed E-state index contributed by atoms with van der Waals surface area (Å²) in [7, 11) is 0. The Labute approximate surface area is 115 Å². The first kappa shape index (κ1) is 12.7. The Morgan fingerprint density at radius 3 is 3.16 bits per heavy atom. The zero-order chi connectivity index (χ0) is 13.2. The molecule has 1 unspecified atom stereocenters. The van der Waals surface area contributed by atoms with E-state index in [0.717, 1.165) is 12.3 Å². The van der Waals surface area contributed by atoms with Crippen LogP contribution in [0.4, 0.5) is 0 Å². The SMILES string of the molecule is CCN1CCCC(Cc2ncc3cc(C)ccn23)C1. The van der Waals surface area contributed by atoms with E-state index in [-0.39, 0.29) is 0 Å². The number of fused-ring (bicyclic) bond motifs is 1. The van der Waals surface area contributed by atoms with Gasteiger partial charge in [-0.2, -0.15) is 0 Å². The van der Waals surface area contributed by atoms with Crippen LogP contribution >= 0.6 is 0 Å². The molecule has 2 aromatic rings. The maximum absolute atomic E-state index is 4.63. The number of piperidine rings is 1. The second kappa shape index (κ2) is 5.33. The summed E-state index contributed by atoms with van der Waals surface area (Å²) >= 11 is 0. The van der Waals surface area contributed by atoms with E-state index in [1.54, 1.807) is 0 Å². The highest BCUT2D eigenvalue weighted by molar-refractivity contribution is 5.48. The lowest BCUT2D eigenvalue weighted by atomic mass is 9.94. The summed E-state index contributed by atoms with van der Waals surface area (Å²) in [5.74, 6) is 1.98. The molecule has 3 heterocycles. The predicted molar refractivity (Wildman–Crippen MR) is 78.5 cm³/mol. The van der Waals surface area contributed by atoms with Crippen molar-refractivity contribution in [3.63, 3.8) is 0 Å². The molecule has 19 heavy (non-hydrogen) atoms. The molecule has 1 atom stereocenters. The average Bonchev–Trinajstić information content (AvgIpc) is 2.81. The van der Waals surface area contributed by atoms with Gasteiger partial charge in [0, 0.05) is 19.2 Å². The Balaban J connectivity index is 1.77. The smallest absolute Gasteiger partial charge is 0.113 e. The maximum atomic E-state index is 4.63. The summed E-state index contributed by atoms with van der Waals surface area (Å²) in [5, 5.41) is 0. The van der Waals surface area contributed by atoms with E-state index in [4.69, 9.17) is 0 Å². The third-order valence-corrected chi connectivity index (χ3v) is 4.29. The first-order valence-electron chi connectivity index (χ1n) is 7.41. The van der Waals surface area contributed by atoms with Gasteiger partial charge >= 0.3 is 0 Å². The van der Waals surface area contributed by atoms with E-state index >= 15 is 0 Å². The van der Waals surface area contributed by atoms with Gasteiger partial charge in [-0.1, -0.05) is 6.92 Å². The average molecular weight is 257 g/mol. The minimum Gasteiger partial charge on any atom is -0.304 e. The summed E-state index contributed by atoms with van der Waals surface area (Å²) in [4.78, 5) is 7.19. The number of rotatable bonds is 3. The van der Waals surface area contributed by atoms with Gasteiger partial charge in [-0.05, 0) is 56.5 Å². The van der Waals surface area contributed by atoms with Crippen molar-refractivity contribution < 1.29 is 0 Å². The van der Waals surface area contributed by atoms with Gasteiger partial charge in [-0.15, -0.1) is 0 Å². The van der Waals surface area contributed by atoms with Crippen molar-refractivity contribution in [1.29, 1.82) is 0 Å². The topological polar surface area (TPSA) is 20.5 Å². The molecule has 3 nitrogen and oxygen atoms in total. The van der Waals surface area contributed by atoms with Crippen LogP contribution in [0.25, 0.3) is 5.52 Å². The lowest BCUT2D eigenvalue weighted by Gasteiger charge is -2.31. The fourth-order valence-corrected chi connectivity index (χ4v) is 3.18. The number of hydrogen-bond acceptors (Lipinski definition) is 2. The zero-order valence-corrected chi connectivity index (χ0v) is 12.0. The van der Waals surface area contributed by atoms with Crippen LogP contribution in [0, 0.1) is 12.8 Å². The lowest BCUT2D eigenvalue weighted by molar-refractivity contribution is 0.180. The first-order chi connectivity index (χ1) is 9.26. The molecule has 0 radical (unpaired) electrons. The van der Waals surface area contributed by atoms with E-state index in [0.29, 0.717) is 0 Å². The Hall–Kier alpha value is -1.35. The van der Waals surface area contributed by atoms with Crippen molar-refractivity contribution in [2.45, 2.75) is 33.1 Å². The number of imidazole rings is 1. The molecule has 3 heteroatoms. The standard InChI is InChI=1S/C16H23N3/c1-3-18-7-4-5-14(12-18)10-16-17-11-15-9-13(2)6-8-19(15)16/h6,8-9,11,14H,3-5,7,10,12H2,1-2H3. The number of aromatic nitrogens is 2. The van der Waals surface area contributed by atoms with E-state index in [1.165, 1.54) is 49.4 Å². The second-order valence-corrected chi connectivity index (χ2v) is 5.78. The molecule has 1 aliphatic heterocycles. The lowest BCUT2D eigenvalue weighted by Crippen LogP contribution is -2.36. The summed E-state index contributed by atoms with van der Waals surface area (Å²) in [6.45, 7) is 8.08. The quantitative estimate of drug-likeness (QED) is 0.842. The van der Waals surface area contributed by atoms with Crippen LogP contribution in [-0.4, -0.2) is 33.9 Å². The molecule has 0 aliphatic carbocycles. The number of hydrogen-bond donors (Lipinski definition) is 0. The molecule has 0 amide bonds. The van der Waals surface area contributed by atoms with E-state index in [2.05, 4.69) is 46.5 Å². The third kappa shape index (κ3) is 2.66. The number of likely N-dealkylation sites (tertiary alicyclic amines) is 1. The van der Waals surface area contributed by atoms with Gasteiger partial charge in [0.1, 0.15) is 5.82 Å². The van der Waals surface area contributed by atoms with Crippen molar-refractivity contribution in [3.8, 4) is 0 Å². The van der Waals surface area contributed by atoms with Crippen LogP contribution in [0.3, 0.4) is 0 Å². The van der Waals surface area contributed by atoms with Crippen LogP contribution in [0.15, 0.2) is 24.5 Å². The summed E-state index contributed by atoms with van der Waals surface area (Å²) in [6, 6.07) is 4.37. The van der Waals surface area contributed by atoms with Crippen LogP contribution < -0.4 is 0 Å². The monoisotopic (exact) mass is 257 g/mol. The molecule has 0 spiro atoms. The highest BCUT2D eigenvalue weighted by atomic mass is 15.1. The summed E-state index contributed by atoms with van der Waals surface area (Å²) < 4.78 is 2.25. The molecule has 0 bridgehead atoms. The van der Waals surface area contributed by atoms with Gasteiger partial charge in [0.15, 0.2) is 0 Å². The minimum atomic E-state index is 0.764. The third-order valence-electron chi connectivity index (χ3n) is 4.29. The van der Waals surface area contributed by atoms with Crippen LogP contribution in [0.5, 0.6) is 0 Å². The zero-order valence-electron chi connectivity index (χ0n) is 12.0. The fraction of sp³-hybridized carbons (Fsp3) is 0.562. The normalized spacial score (nSPS) is 21.1. The molecule has 102 valence electrons. The van der Waals surface area contributed by atoms with Crippen molar-refractivity contribution in [3.05, 3.63) is 35.9 Å². The largest absolute Gasteiger partial charge is 0.304 e. The summed E-state index contributed by atoms with van der Waals surface area (Å²) in [5.41, 5.74) is 2.52. The van der Waals surface area contributed by atoms with Crippen LogP contribution in [0.2, 0.25) is 0 Å². The van der Waals surface area contributed by atoms with Gasteiger partial charge in [0.25, 0.3) is 0 Å². The fourth-order valence-electron chi connectivity index (χ4n) is 3.18. The molecule has 2 aromatic heterocycles. The van der Waals surface area contributed by atoms with Gasteiger partial charge < -0.3 is 9.30 Å². The van der Waals surface area contributed by atoms with Gasteiger partial charge in [-0.25, -0.2) is 4.98 Å². The van der Waals surface area contributed by atoms with Gasteiger partial charge in [0.2, 0.25) is 0 Å². The molecule has 1 saturated heterocycles. The molecule has 1 fully saturated rings. The molecule has 0 saturated carbocycles. The van der Waals surface area contributed by atoms with Crippen LogP contribution in [0.1, 0.15) is 31.2 Å². The molecule has 0 N–H and O–H groups in total. The van der Waals surface area contributed by atoms with E-state index in [9.17, 15) is 0 Å². The Bertz CT molecular complexity index is 558. The number of pyridine rings is 1. The number of aryl methyl sites for hydroxylation is 1. The Morgan fingerprint density at radius 2 is 2.32 bits per heavy atom. The molecule has 3 rings (SSSR count). The molecule has 0 aromatic carbocycles. The molecular formula is C16H23N3. The molecular weight excluding hydrogens is 234 g/mol. The summed E-state index contributed by atoms with van der Waals surface area (Å²) in [6.07, 6.45) is 7.95. The Kier molecular flexibility index (Phi) is 3.56. The van der Waals surface area contributed by atoms with Crippen LogP contribution in [-0.2, 0) is 6.42 Å². The Morgan fingerprint density at radius 1 is 1.42 bits per heavy atom. The highest BCUT2D eigenvalue weighted by Gasteiger charge is 2.20. The first-order valence-corrected chi connectivity index (χ1v) is 7.41. The van der Waals surface area contributed by atoms with Crippen molar-refractivity contribution >= 4 is 5.52 Å². The van der Waals surface area contributed by atoms with E-state index < -0.39 is 0 Å². The maximum Gasteiger partial charge on any atom is 0.113 e. The number of nitrogens with zero attached hydrogens (tertiary/aromatic N) is 3. The minimum absolute atomic E-state index is 0.764. The second-order valence-electron chi connectivity index (χ2n) is 5.78. The van der Waals surface area contributed by atoms with Crippen molar-refractivity contribution in [2.75, 3.05) is 19.6 Å². The van der Waals surface area contributed by atoms with Crippen molar-refractivity contribution in [2.24, 2.45) is 5.92 Å². The highest BCUT2D eigenvalue weighted by Crippen LogP contribution is 2.21. The van der Waals surface area contributed by atoms with Gasteiger partial charge in [0.05, 0.1) is 11.7 Å². The molecule has 1 aliphatic rings. The van der Waals surface area contributed by atoms with Gasteiger partial charge in [-0.3, -0.25) is 0 Å². The van der Waals surface area contributed by atoms with E-state index in [1.807, 2.05) is 6.20 Å². The predicted octanol–water partition coefficient (Wildman–Crippen LogP) is 2.92. The van der Waals surface area contributed by atoms with Crippen molar-refractivity contribution in [1.82, 2.24) is 14.3 Å².